The summed E-state index contributed by atoms with van der Waals surface area (Å²) in [6, 6.07) is 0.758. The Hall–Kier alpha value is -0.170. The molecule has 6 heteroatoms. The fourth-order valence-corrected chi connectivity index (χ4v) is 4.18. The average Bonchev–Trinajstić information content (AvgIpc) is 3.11. The van der Waals surface area contributed by atoms with Gasteiger partial charge in [-0.2, -0.15) is 17.4 Å². The maximum absolute atomic E-state index is 12.3. The molecular formula is C14H29N3O2S. The van der Waals surface area contributed by atoms with Crippen molar-refractivity contribution in [3.63, 3.8) is 0 Å². The van der Waals surface area contributed by atoms with Crippen molar-refractivity contribution in [3.05, 3.63) is 0 Å². The first-order valence-corrected chi connectivity index (χ1v) is 9.22. The molecule has 0 saturated heterocycles. The van der Waals surface area contributed by atoms with E-state index in [0.717, 1.165) is 32.2 Å². The zero-order valence-electron chi connectivity index (χ0n) is 13.0. The van der Waals surface area contributed by atoms with Crippen molar-refractivity contribution in [1.29, 1.82) is 0 Å². The predicted octanol–water partition coefficient (Wildman–Crippen LogP) is 1.47. The Labute approximate surface area is 123 Å². The molecule has 0 aliphatic heterocycles. The van der Waals surface area contributed by atoms with Crippen LogP contribution in [0.2, 0.25) is 0 Å². The highest BCUT2D eigenvalue weighted by atomic mass is 32.2. The van der Waals surface area contributed by atoms with Gasteiger partial charge in [-0.25, -0.2) is 0 Å². The number of nitrogens with zero attached hydrogens (tertiary/aromatic N) is 1. The van der Waals surface area contributed by atoms with Crippen LogP contribution in [0.25, 0.3) is 0 Å². The lowest BCUT2D eigenvalue weighted by Crippen LogP contribution is -2.47. The Morgan fingerprint density at radius 1 is 1.25 bits per heavy atom. The monoisotopic (exact) mass is 303 g/mol. The summed E-state index contributed by atoms with van der Waals surface area (Å²) in [4.78, 5) is 0. The summed E-state index contributed by atoms with van der Waals surface area (Å²) in [5.41, 5.74) is 0.0709. The Balaban J connectivity index is 1.75. The van der Waals surface area contributed by atoms with Crippen LogP contribution in [0.15, 0.2) is 0 Å². The lowest BCUT2D eigenvalue weighted by atomic mass is 9.88. The second-order valence-corrected chi connectivity index (χ2v) is 8.77. The van der Waals surface area contributed by atoms with E-state index in [4.69, 9.17) is 0 Å². The van der Waals surface area contributed by atoms with Crippen molar-refractivity contribution in [1.82, 2.24) is 14.3 Å². The number of hydrogen-bond donors (Lipinski definition) is 2. The molecule has 2 saturated carbocycles. The third-order valence-electron chi connectivity index (χ3n) is 4.62. The first kappa shape index (κ1) is 16.2. The van der Waals surface area contributed by atoms with E-state index in [1.807, 2.05) is 0 Å². The molecule has 0 spiro atoms. The Morgan fingerprint density at radius 3 is 2.50 bits per heavy atom. The van der Waals surface area contributed by atoms with Gasteiger partial charge in [0.1, 0.15) is 0 Å². The number of rotatable bonds is 8. The molecule has 2 N–H and O–H groups in total. The molecule has 0 amide bonds. The molecule has 0 aromatic heterocycles. The lowest BCUT2D eigenvalue weighted by Gasteiger charge is -2.29. The average molecular weight is 303 g/mol. The smallest absolute Gasteiger partial charge is 0.279 e. The van der Waals surface area contributed by atoms with Gasteiger partial charge in [0.15, 0.2) is 0 Å². The molecule has 2 aliphatic carbocycles. The van der Waals surface area contributed by atoms with Crippen molar-refractivity contribution < 1.29 is 8.42 Å². The minimum Gasteiger partial charge on any atom is -0.314 e. The molecule has 2 rings (SSSR count). The molecule has 118 valence electrons. The lowest BCUT2D eigenvalue weighted by molar-refractivity contribution is 0.306. The molecule has 20 heavy (non-hydrogen) atoms. The Morgan fingerprint density at radius 2 is 1.95 bits per heavy atom. The zero-order valence-corrected chi connectivity index (χ0v) is 13.8. The van der Waals surface area contributed by atoms with Gasteiger partial charge in [0.2, 0.25) is 0 Å². The molecule has 1 atom stereocenters. The first-order valence-electron chi connectivity index (χ1n) is 7.78. The summed E-state index contributed by atoms with van der Waals surface area (Å²) in [6.07, 6.45) is 6.55. The predicted molar refractivity (Wildman–Crippen MR) is 81.7 cm³/mol. The Bertz CT molecular complexity index is 418. The zero-order chi connectivity index (χ0) is 14.8. The quantitative estimate of drug-likeness (QED) is 0.668. The molecule has 0 heterocycles. The third-order valence-corrected chi connectivity index (χ3v) is 6.20. The maximum Gasteiger partial charge on any atom is 0.279 e. The highest BCUT2D eigenvalue weighted by molar-refractivity contribution is 7.87. The number of nitrogens with one attached hydrogen (secondary N) is 2. The van der Waals surface area contributed by atoms with Gasteiger partial charge in [0.05, 0.1) is 0 Å². The van der Waals surface area contributed by atoms with Gasteiger partial charge in [-0.1, -0.05) is 20.3 Å². The van der Waals surface area contributed by atoms with Crippen LogP contribution in [-0.2, 0) is 10.2 Å². The van der Waals surface area contributed by atoms with E-state index in [1.165, 1.54) is 17.1 Å². The van der Waals surface area contributed by atoms with Crippen molar-refractivity contribution in [2.45, 2.75) is 64.5 Å². The van der Waals surface area contributed by atoms with E-state index in [1.54, 1.807) is 7.05 Å². The fraction of sp³-hybridized carbons (Fsp3) is 1.00. The fourth-order valence-electron chi connectivity index (χ4n) is 2.83. The van der Waals surface area contributed by atoms with Gasteiger partial charge in [-0.15, -0.1) is 0 Å². The van der Waals surface area contributed by atoms with Crippen molar-refractivity contribution >= 4 is 10.2 Å². The SMILES string of the molecule is CN(CCCNC1CC1)S(=O)(=O)NC1CCCC1(C)C. The summed E-state index contributed by atoms with van der Waals surface area (Å²) >= 11 is 0. The van der Waals surface area contributed by atoms with Crippen molar-refractivity contribution in [2.24, 2.45) is 5.41 Å². The van der Waals surface area contributed by atoms with E-state index in [2.05, 4.69) is 23.9 Å². The van der Waals surface area contributed by atoms with Gasteiger partial charge < -0.3 is 5.32 Å². The second kappa shape index (κ2) is 6.30. The molecule has 2 fully saturated rings. The van der Waals surface area contributed by atoms with E-state index in [-0.39, 0.29) is 11.5 Å². The topological polar surface area (TPSA) is 61.4 Å². The minimum atomic E-state index is -3.34. The summed E-state index contributed by atoms with van der Waals surface area (Å²) in [6.45, 7) is 5.77. The molecule has 0 radical (unpaired) electrons. The van der Waals surface area contributed by atoms with Crippen LogP contribution in [-0.4, -0.2) is 44.9 Å². The third kappa shape index (κ3) is 4.41. The van der Waals surface area contributed by atoms with Crippen LogP contribution in [0.3, 0.4) is 0 Å². The van der Waals surface area contributed by atoms with Crippen molar-refractivity contribution in [2.75, 3.05) is 20.1 Å². The molecule has 2 aliphatic rings. The van der Waals surface area contributed by atoms with Crippen LogP contribution < -0.4 is 10.0 Å². The molecule has 5 nitrogen and oxygen atoms in total. The van der Waals surface area contributed by atoms with Crippen LogP contribution in [0, 0.1) is 5.41 Å². The minimum absolute atomic E-state index is 0.0690. The summed E-state index contributed by atoms with van der Waals surface area (Å²) < 4.78 is 29.0. The molecule has 1 unspecified atom stereocenters. The normalized spacial score (nSPS) is 26.3. The van der Waals surface area contributed by atoms with Gasteiger partial charge in [-0.05, 0) is 44.1 Å². The van der Waals surface area contributed by atoms with Crippen molar-refractivity contribution in [3.8, 4) is 0 Å². The summed E-state index contributed by atoms with van der Waals surface area (Å²) in [5.74, 6) is 0. The summed E-state index contributed by atoms with van der Waals surface area (Å²) in [7, 11) is -1.68. The Kier molecular flexibility index (Phi) is 5.10. The van der Waals surface area contributed by atoms with E-state index >= 15 is 0 Å². The highest BCUT2D eigenvalue weighted by Crippen LogP contribution is 2.37. The van der Waals surface area contributed by atoms with E-state index in [9.17, 15) is 8.42 Å². The molecular weight excluding hydrogens is 274 g/mol. The largest absolute Gasteiger partial charge is 0.314 e. The molecule has 0 aromatic rings. The standard InChI is InChI=1S/C14H29N3O2S/c1-14(2)9-4-6-13(14)16-20(18,19)17(3)11-5-10-15-12-7-8-12/h12-13,15-16H,4-11H2,1-3H3. The highest BCUT2D eigenvalue weighted by Gasteiger charge is 2.37. The molecule has 0 aromatic carbocycles. The van der Waals surface area contributed by atoms with Gasteiger partial charge >= 0.3 is 0 Å². The summed E-state index contributed by atoms with van der Waals surface area (Å²) in [5, 5.41) is 3.41. The number of hydrogen-bond acceptors (Lipinski definition) is 3. The maximum atomic E-state index is 12.3. The van der Waals surface area contributed by atoms with Crippen LogP contribution in [0.4, 0.5) is 0 Å². The second-order valence-electron chi connectivity index (χ2n) is 6.96. The van der Waals surface area contributed by atoms with Crippen LogP contribution in [0.1, 0.15) is 52.4 Å². The van der Waals surface area contributed by atoms with Gasteiger partial charge in [-0.3, -0.25) is 0 Å². The van der Waals surface area contributed by atoms with E-state index in [0.29, 0.717) is 12.6 Å². The van der Waals surface area contributed by atoms with Gasteiger partial charge in [0, 0.05) is 25.7 Å². The first-order chi connectivity index (χ1) is 9.31. The molecule has 0 bridgehead atoms. The van der Waals surface area contributed by atoms with Crippen LogP contribution >= 0.6 is 0 Å². The van der Waals surface area contributed by atoms with Crippen LogP contribution in [0.5, 0.6) is 0 Å². The van der Waals surface area contributed by atoms with Gasteiger partial charge in [0.25, 0.3) is 10.2 Å². The van der Waals surface area contributed by atoms with E-state index < -0.39 is 10.2 Å².